The molecule has 0 radical (unpaired) electrons. The van der Waals surface area contributed by atoms with Gasteiger partial charge < -0.3 is 4.90 Å². The number of nitrogens with one attached hydrogen (secondary N) is 1. The second-order valence-corrected chi connectivity index (χ2v) is 6.48. The van der Waals surface area contributed by atoms with Crippen molar-refractivity contribution in [3.05, 3.63) is 35.6 Å². The first-order chi connectivity index (χ1) is 11.6. The molecule has 1 atom stereocenters. The minimum absolute atomic E-state index is 0.0782. The quantitative estimate of drug-likeness (QED) is 0.920. The summed E-state index contributed by atoms with van der Waals surface area (Å²) in [6.07, 6.45) is 4.29. The number of hydrogen-bond acceptors (Lipinski definition) is 3. The molecule has 5 nitrogen and oxygen atoms in total. The Kier molecular flexibility index (Phi) is 5.23. The third-order valence-electron chi connectivity index (χ3n) is 4.74. The molecule has 0 spiro atoms. The molecule has 0 aliphatic carbocycles. The molecule has 2 amide bonds. The van der Waals surface area contributed by atoms with Gasteiger partial charge in [0.2, 0.25) is 5.91 Å². The molecule has 1 fully saturated rings. The lowest BCUT2D eigenvalue weighted by atomic mass is 9.91. The number of carbonyl (C=O) groups is 2. The average molecular weight is 331 g/mol. The van der Waals surface area contributed by atoms with E-state index in [4.69, 9.17) is 0 Å². The summed E-state index contributed by atoms with van der Waals surface area (Å²) in [5.74, 6) is -0.00631. The van der Waals surface area contributed by atoms with Crippen molar-refractivity contribution in [2.45, 2.75) is 38.5 Å². The Morgan fingerprint density at radius 2 is 2.17 bits per heavy atom. The normalized spacial score (nSPS) is 21.2. The van der Waals surface area contributed by atoms with Gasteiger partial charge >= 0.3 is 0 Å². The Labute approximate surface area is 140 Å². The van der Waals surface area contributed by atoms with Gasteiger partial charge in [0, 0.05) is 25.9 Å². The summed E-state index contributed by atoms with van der Waals surface area (Å²) in [7, 11) is 0. The molecule has 2 aliphatic rings. The first kappa shape index (κ1) is 16.6. The van der Waals surface area contributed by atoms with E-state index < -0.39 is 0 Å². The molecule has 3 rings (SSSR count). The fourth-order valence-electron chi connectivity index (χ4n) is 3.36. The second kappa shape index (κ2) is 7.55. The van der Waals surface area contributed by atoms with Crippen LogP contribution in [0, 0.1) is 11.7 Å². The van der Waals surface area contributed by atoms with Gasteiger partial charge in [-0.2, -0.15) is 5.10 Å². The van der Waals surface area contributed by atoms with Crippen LogP contribution in [-0.2, 0) is 16.0 Å². The molecule has 2 heterocycles. The molecular formula is C18H22FN3O2. The number of likely N-dealkylation sites (tertiary alicyclic amines) is 1. The molecule has 0 unspecified atom stereocenters. The molecule has 6 heteroatoms. The van der Waals surface area contributed by atoms with Crippen LogP contribution in [0.4, 0.5) is 4.39 Å². The van der Waals surface area contributed by atoms with Crippen LogP contribution in [0.2, 0.25) is 0 Å². The van der Waals surface area contributed by atoms with Crippen molar-refractivity contribution in [2.75, 3.05) is 13.1 Å². The van der Waals surface area contributed by atoms with E-state index in [2.05, 4.69) is 10.5 Å². The smallest absolute Gasteiger partial charge is 0.270 e. The van der Waals surface area contributed by atoms with E-state index in [1.807, 2.05) is 17.0 Å². The van der Waals surface area contributed by atoms with E-state index in [0.29, 0.717) is 37.4 Å². The van der Waals surface area contributed by atoms with Gasteiger partial charge in [0.05, 0.1) is 0 Å². The van der Waals surface area contributed by atoms with E-state index in [1.165, 1.54) is 6.07 Å². The molecule has 1 aromatic carbocycles. The molecule has 0 saturated carbocycles. The summed E-state index contributed by atoms with van der Waals surface area (Å²) in [6.45, 7) is 1.41. The summed E-state index contributed by atoms with van der Waals surface area (Å²) in [4.78, 5) is 25.5. The maximum atomic E-state index is 13.7. The predicted octanol–water partition coefficient (Wildman–Crippen LogP) is 2.26. The maximum absolute atomic E-state index is 13.7. The summed E-state index contributed by atoms with van der Waals surface area (Å²) in [5, 5.41) is 3.89. The fraction of sp³-hybridized carbons (Fsp3) is 0.500. The van der Waals surface area contributed by atoms with Crippen molar-refractivity contribution in [2.24, 2.45) is 11.0 Å². The van der Waals surface area contributed by atoms with Crippen molar-refractivity contribution in [1.29, 1.82) is 0 Å². The van der Waals surface area contributed by atoms with Gasteiger partial charge in [-0.1, -0.05) is 18.2 Å². The number of carbonyl (C=O) groups excluding carboxylic acids is 2. The molecule has 24 heavy (non-hydrogen) atoms. The van der Waals surface area contributed by atoms with Crippen molar-refractivity contribution < 1.29 is 14.0 Å². The van der Waals surface area contributed by atoms with Crippen LogP contribution in [0.25, 0.3) is 0 Å². The van der Waals surface area contributed by atoms with E-state index in [1.54, 1.807) is 6.07 Å². The Hall–Kier alpha value is -2.24. The number of aryl methyl sites for hydroxylation is 1. The van der Waals surface area contributed by atoms with E-state index >= 15 is 0 Å². The van der Waals surface area contributed by atoms with Crippen molar-refractivity contribution >= 4 is 17.5 Å². The Morgan fingerprint density at radius 3 is 2.92 bits per heavy atom. The van der Waals surface area contributed by atoms with Gasteiger partial charge in [0.15, 0.2) is 0 Å². The zero-order valence-corrected chi connectivity index (χ0v) is 13.6. The van der Waals surface area contributed by atoms with E-state index in [9.17, 15) is 14.0 Å². The standard InChI is InChI=1S/C18H22FN3O2/c19-15-6-2-1-5-14(15)8-7-13-4-3-11-22(12-13)18(24)16-9-10-17(23)21-20-16/h1-2,5-6,13H,3-4,7-12H2,(H,21,23)/t13-/m1/s1. The molecule has 0 aromatic heterocycles. The molecule has 1 aromatic rings. The number of rotatable bonds is 4. The summed E-state index contributed by atoms with van der Waals surface area (Å²) >= 11 is 0. The number of amides is 2. The topological polar surface area (TPSA) is 61.8 Å². The number of hydrazone groups is 1. The summed E-state index contributed by atoms with van der Waals surface area (Å²) in [6, 6.07) is 6.86. The minimum atomic E-state index is -0.159. The average Bonchev–Trinajstić information content (AvgIpc) is 2.61. The Bertz CT molecular complexity index is 659. The molecule has 1 saturated heterocycles. The SMILES string of the molecule is O=C1CCC(C(=O)N2CCC[C@H](CCc3ccccc3F)C2)=NN1. The second-order valence-electron chi connectivity index (χ2n) is 6.48. The van der Waals surface area contributed by atoms with Crippen LogP contribution < -0.4 is 5.43 Å². The molecule has 128 valence electrons. The highest BCUT2D eigenvalue weighted by atomic mass is 19.1. The van der Waals surface area contributed by atoms with Crippen molar-refractivity contribution in [3.63, 3.8) is 0 Å². The highest BCUT2D eigenvalue weighted by molar-refractivity contribution is 6.39. The Morgan fingerprint density at radius 1 is 1.33 bits per heavy atom. The number of benzene rings is 1. The van der Waals surface area contributed by atoms with E-state index in [0.717, 1.165) is 31.4 Å². The lowest BCUT2D eigenvalue weighted by molar-refractivity contribution is -0.126. The Balaban J connectivity index is 1.55. The van der Waals surface area contributed by atoms with Crippen molar-refractivity contribution in [1.82, 2.24) is 10.3 Å². The predicted molar refractivity (Wildman–Crippen MR) is 88.8 cm³/mol. The van der Waals surface area contributed by atoms with Gasteiger partial charge in [0.25, 0.3) is 5.91 Å². The highest BCUT2D eigenvalue weighted by Gasteiger charge is 2.28. The van der Waals surface area contributed by atoms with Crippen LogP contribution >= 0.6 is 0 Å². The number of nitrogens with zero attached hydrogens (tertiary/aromatic N) is 2. The van der Waals surface area contributed by atoms with Crippen LogP contribution in [0.3, 0.4) is 0 Å². The third kappa shape index (κ3) is 3.99. The first-order valence-electron chi connectivity index (χ1n) is 8.51. The zero-order valence-electron chi connectivity index (χ0n) is 13.6. The van der Waals surface area contributed by atoms with Crippen LogP contribution in [0.15, 0.2) is 29.4 Å². The lowest BCUT2D eigenvalue weighted by Crippen LogP contribution is -2.45. The van der Waals surface area contributed by atoms with Gasteiger partial charge in [-0.3, -0.25) is 9.59 Å². The lowest BCUT2D eigenvalue weighted by Gasteiger charge is -2.33. The van der Waals surface area contributed by atoms with Gasteiger partial charge in [-0.05, 0) is 43.2 Å². The van der Waals surface area contributed by atoms with Gasteiger partial charge in [-0.15, -0.1) is 0 Å². The first-order valence-corrected chi connectivity index (χ1v) is 8.51. The number of hydrogen-bond donors (Lipinski definition) is 1. The van der Waals surface area contributed by atoms with Gasteiger partial charge in [-0.25, -0.2) is 9.82 Å². The third-order valence-corrected chi connectivity index (χ3v) is 4.74. The zero-order chi connectivity index (χ0) is 16.9. The van der Waals surface area contributed by atoms with E-state index in [-0.39, 0.29) is 17.6 Å². The molecule has 2 aliphatic heterocycles. The number of piperidine rings is 1. The summed E-state index contributed by atoms with van der Waals surface area (Å²) in [5.41, 5.74) is 3.55. The maximum Gasteiger partial charge on any atom is 0.270 e. The minimum Gasteiger partial charge on any atom is -0.337 e. The van der Waals surface area contributed by atoms with Crippen molar-refractivity contribution in [3.8, 4) is 0 Å². The fourth-order valence-corrected chi connectivity index (χ4v) is 3.36. The number of halogens is 1. The highest BCUT2D eigenvalue weighted by Crippen LogP contribution is 2.23. The monoisotopic (exact) mass is 331 g/mol. The summed E-state index contributed by atoms with van der Waals surface area (Å²) < 4.78 is 13.7. The molecule has 1 N–H and O–H groups in total. The van der Waals surface area contributed by atoms with Crippen LogP contribution in [-0.4, -0.2) is 35.5 Å². The van der Waals surface area contributed by atoms with Crippen LogP contribution in [0.1, 0.15) is 37.7 Å². The van der Waals surface area contributed by atoms with Crippen LogP contribution in [0.5, 0.6) is 0 Å². The molecule has 0 bridgehead atoms. The largest absolute Gasteiger partial charge is 0.337 e. The molecular weight excluding hydrogens is 309 g/mol. The van der Waals surface area contributed by atoms with Gasteiger partial charge in [0.1, 0.15) is 11.5 Å².